The summed E-state index contributed by atoms with van der Waals surface area (Å²) in [5.41, 5.74) is 2.30. The molecule has 3 saturated carbocycles. The minimum absolute atomic E-state index is 0.0778. The lowest BCUT2D eigenvalue weighted by molar-refractivity contribution is -0.121. The van der Waals surface area contributed by atoms with Gasteiger partial charge in [0, 0.05) is 6.42 Å². The quantitative estimate of drug-likeness (QED) is 0.298. The van der Waals surface area contributed by atoms with Crippen LogP contribution in [0.4, 0.5) is 0 Å². The fourth-order valence-electron chi connectivity index (χ4n) is 8.52. The van der Waals surface area contributed by atoms with E-state index in [4.69, 9.17) is 0 Å². The summed E-state index contributed by atoms with van der Waals surface area (Å²) in [4.78, 5) is 12.4. The molecule has 8 atom stereocenters. The zero-order valence-electron chi connectivity index (χ0n) is 19.5. The van der Waals surface area contributed by atoms with Gasteiger partial charge in [0.15, 0.2) is 5.78 Å². The molecule has 4 aliphatic carbocycles. The first kappa shape index (κ1) is 22.1. The summed E-state index contributed by atoms with van der Waals surface area (Å²) < 4.78 is 0. The third kappa shape index (κ3) is 3.72. The second kappa shape index (κ2) is 8.10. The number of Topliss-reactive ketones (excluding diaryl/α,β-unsaturated/α-hetero) is 1. The van der Waals surface area contributed by atoms with E-state index in [9.17, 15) is 4.79 Å². The van der Waals surface area contributed by atoms with Gasteiger partial charge in [-0.1, -0.05) is 81.5 Å². The van der Waals surface area contributed by atoms with Gasteiger partial charge >= 0.3 is 0 Å². The number of halogens is 1. The Hall–Kier alpha value is -0.110. The van der Waals surface area contributed by atoms with Crippen molar-refractivity contribution in [3.8, 4) is 0 Å². The highest BCUT2D eigenvalue weighted by atomic mass is 79.9. The number of ketones is 1. The average molecular weight is 464 g/mol. The molecule has 29 heavy (non-hydrogen) atoms. The number of hydrogen-bond acceptors (Lipinski definition) is 1. The van der Waals surface area contributed by atoms with E-state index < -0.39 is 0 Å². The number of allylic oxidation sites excluding steroid dienone is 2. The summed E-state index contributed by atoms with van der Waals surface area (Å²) in [6, 6.07) is 0. The molecule has 0 unspecified atom stereocenters. The topological polar surface area (TPSA) is 17.1 Å². The molecule has 164 valence electrons. The molecule has 0 bridgehead atoms. The molecule has 0 aliphatic heterocycles. The first-order chi connectivity index (χ1) is 13.7. The number of carbonyl (C=O) groups excluding carboxylic acids is 1. The van der Waals surface area contributed by atoms with E-state index in [-0.39, 0.29) is 10.2 Å². The van der Waals surface area contributed by atoms with Crippen LogP contribution < -0.4 is 0 Å². The molecule has 4 rings (SSSR count). The van der Waals surface area contributed by atoms with Crippen LogP contribution in [0.25, 0.3) is 0 Å². The minimum atomic E-state index is 0.0778. The zero-order chi connectivity index (χ0) is 21.0. The third-order valence-corrected chi connectivity index (χ3v) is 11.0. The van der Waals surface area contributed by atoms with Gasteiger partial charge in [-0.15, -0.1) is 0 Å². The highest BCUT2D eigenvalue weighted by molar-refractivity contribution is 9.10. The van der Waals surface area contributed by atoms with Crippen molar-refractivity contribution in [3.63, 3.8) is 0 Å². The summed E-state index contributed by atoms with van der Waals surface area (Å²) in [5.74, 6) is 5.60. The monoisotopic (exact) mass is 462 g/mol. The lowest BCUT2D eigenvalue weighted by Crippen LogP contribution is -2.52. The predicted octanol–water partition coefficient (Wildman–Crippen LogP) is 7.97. The van der Waals surface area contributed by atoms with Crippen molar-refractivity contribution in [2.75, 3.05) is 0 Å². The SMILES string of the molecule is CC(C)CCC[C@@H](C)[C@H]1CC[C@H]2[C@@H]3CC=C4CC(=O)[C@H](Br)C[C@]4(C)[C@H]3CC[C@]12C. The van der Waals surface area contributed by atoms with Gasteiger partial charge in [0.05, 0.1) is 4.83 Å². The van der Waals surface area contributed by atoms with Crippen LogP contribution in [0.3, 0.4) is 0 Å². The second-order valence-corrected chi connectivity index (χ2v) is 13.2. The summed E-state index contributed by atoms with van der Waals surface area (Å²) in [7, 11) is 0. The lowest BCUT2D eigenvalue weighted by atomic mass is 9.47. The Morgan fingerprint density at radius 3 is 2.59 bits per heavy atom. The largest absolute Gasteiger partial charge is 0.298 e. The molecule has 0 aromatic rings. The molecule has 0 amide bonds. The smallest absolute Gasteiger partial charge is 0.150 e. The van der Waals surface area contributed by atoms with E-state index in [1.165, 1.54) is 56.9 Å². The van der Waals surface area contributed by atoms with Crippen molar-refractivity contribution in [2.24, 2.45) is 46.3 Å². The molecule has 0 spiro atoms. The van der Waals surface area contributed by atoms with Gasteiger partial charge in [-0.25, -0.2) is 0 Å². The summed E-state index contributed by atoms with van der Waals surface area (Å²) >= 11 is 3.72. The van der Waals surface area contributed by atoms with E-state index in [0.29, 0.717) is 17.6 Å². The Labute approximate surface area is 188 Å². The van der Waals surface area contributed by atoms with Crippen molar-refractivity contribution in [2.45, 2.75) is 104 Å². The maximum atomic E-state index is 12.3. The normalized spacial score (nSPS) is 45.4. The maximum Gasteiger partial charge on any atom is 0.150 e. The summed E-state index contributed by atoms with van der Waals surface area (Å²) in [5, 5.41) is 0. The Balaban J connectivity index is 1.51. The van der Waals surface area contributed by atoms with Crippen molar-refractivity contribution < 1.29 is 4.79 Å². The first-order valence-electron chi connectivity index (χ1n) is 12.5. The van der Waals surface area contributed by atoms with Gasteiger partial charge in [0.1, 0.15) is 0 Å². The van der Waals surface area contributed by atoms with E-state index in [1.54, 1.807) is 0 Å². The number of hydrogen-bond donors (Lipinski definition) is 0. The summed E-state index contributed by atoms with van der Waals surface area (Å²) in [6.45, 7) is 12.5. The van der Waals surface area contributed by atoms with Crippen LogP contribution in [0.1, 0.15) is 98.8 Å². The molecule has 0 N–H and O–H groups in total. The second-order valence-electron chi connectivity index (χ2n) is 12.1. The Kier molecular flexibility index (Phi) is 6.17. The van der Waals surface area contributed by atoms with Gasteiger partial charge in [0.2, 0.25) is 0 Å². The number of alkyl halides is 1. The highest BCUT2D eigenvalue weighted by Crippen LogP contribution is 2.67. The number of carbonyl (C=O) groups is 1. The standard InChI is InChI=1S/C27H43BrO/c1-17(2)7-6-8-18(3)21-11-12-22-20-10-9-19-15-25(29)24(28)16-27(19,5)23(20)13-14-26(21,22)4/h9,17-18,20-24H,6-8,10-16H2,1-5H3/t18-,20+,21-,22+,23+,24-,26-,27+/m1/s1. The molecule has 0 heterocycles. The van der Waals surface area contributed by atoms with Gasteiger partial charge in [0.25, 0.3) is 0 Å². The van der Waals surface area contributed by atoms with Crippen LogP contribution in [0.5, 0.6) is 0 Å². The van der Waals surface area contributed by atoms with Crippen LogP contribution in [-0.2, 0) is 4.79 Å². The van der Waals surface area contributed by atoms with Crippen LogP contribution in [0.15, 0.2) is 11.6 Å². The van der Waals surface area contributed by atoms with Crippen LogP contribution in [0.2, 0.25) is 0 Å². The van der Waals surface area contributed by atoms with Crippen molar-refractivity contribution in [1.29, 1.82) is 0 Å². The van der Waals surface area contributed by atoms with Crippen molar-refractivity contribution >= 4 is 21.7 Å². The van der Waals surface area contributed by atoms with Gasteiger partial charge in [-0.3, -0.25) is 4.79 Å². The Morgan fingerprint density at radius 2 is 1.86 bits per heavy atom. The van der Waals surface area contributed by atoms with E-state index in [1.807, 2.05) is 0 Å². The fraction of sp³-hybridized carbons (Fsp3) is 0.889. The highest BCUT2D eigenvalue weighted by Gasteiger charge is 2.59. The number of fused-ring (bicyclic) bond motifs is 5. The van der Waals surface area contributed by atoms with Crippen LogP contribution in [-0.4, -0.2) is 10.6 Å². The minimum Gasteiger partial charge on any atom is -0.298 e. The van der Waals surface area contributed by atoms with Gasteiger partial charge in [-0.05, 0) is 84.9 Å². The molecule has 0 aromatic heterocycles. The molecule has 1 nitrogen and oxygen atoms in total. The molecule has 0 aromatic carbocycles. The zero-order valence-corrected chi connectivity index (χ0v) is 21.1. The molecule has 0 saturated heterocycles. The van der Waals surface area contributed by atoms with Crippen LogP contribution >= 0.6 is 15.9 Å². The molecule has 2 heteroatoms. The maximum absolute atomic E-state index is 12.3. The first-order valence-corrected chi connectivity index (χ1v) is 13.4. The lowest BCUT2D eigenvalue weighted by Gasteiger charge is -2.58. The summed E-state index contributed by atoms with van der Waals surface area (Å²) in [6.07, 6.45) is 15.4. The van der Waals surface area contributed by atoms with E-state index in [0.717, 1.165) is 41.9 Å². The molecular formula is C27H43BrO. The Bertz CT molecular complexity index is 665. The molecule has 4 aliphatic rings. The van der Waals surface area contributed by atoms with E-state index in [2.05, 4.69) is 56.6 Å². The van der Waals surface area contributed by atoms with E-state index >= 15 is 0 Å². The fourth-order valence-corrected chi connectivity index (χ4v) is 9.36. The predicted molar refractivity (Wildman–Crippen MR) is 126 cm³/mol. The third-order valence-electron chi connectivity index (χ3n) is 10.1. The van der Waals surface area contributed by atoms with Crippen LogP contribution in [0, 0.1) is 46.3 Å². The van der Waals surface area contributed by atoms with Crippen molar-refractivity contribution in [3.05, 3.63) is 11.6 Å². The molecule has 0 radical (unpaired) electrons. The number of rotatable bonds is 5. The van der Waals surface area contributed by atoms with Crippen molar-refractivity contribution in [1.82, 2.24) is 0 Å². The Morgan fingerprint density at radius 1 is 1.10 bits per heavy atom. The average Bonchev–Trinajstić information content (AvgIpc) is 3.00. The molecule has 3 fully saturated rings. The van der Waals surface area contributed by atoms with Gasteiger partial charge in [-0.2, -0.15) is 0 Å². The van der Waals surface area contributed by atoms with Gasteiger partial charge < -0.3 is 0 Å². The molecular weight excluding hydrogens is 420 g/mol.